The predicted molar refractivity (Wildman–Crippen MR) is 160 cm³/mol. The first-order valence-electron chi connectivity index (χ1n) is 13.7. The minimum Gasteiger partial charge on any atom is -0.369 e. The van der Waals surface area contributed by atoms with Crippen LogP contribution in [-0.4, -0.2) is 81.4 Å². The van der Waals surface area contributed by atoms with Gasteiger partial charge in [-0.05, 0) is 63.4 Å². The summed E-state index contributed by atoms with van der Waals surface area (Å²) in [5.41, 5.74) is 3.47. The quantitative estimate of drug-likeness (QED) is 0.324. The summed E-state index contributed by atoms with van der Waals surface area (Å²) in [6.07, 6.45) is 3.21. The van der Waals surface area contributed by atoms with E-state index in [9.17, 15) is 9.59 Å². The number of benzene rings is 2. The fourth-order valence-corrected chi connectivity index (χ4v) is 5.05. The van der Waals surface area contributed by atoms with Gasteiger partial charge in [-0.15, -0.1) is 6.58 Å². The zero-order chi connectivity index (χ0) is 28.2. The average Bonchev–Trinajstić information content (AvgIpc) is 3.25. The molecule has 2 aromatic heterocycles. The van der Waals surface area contributed by atoms with E-state index in [0.29, 0.717) is 41.3 Å². The number of carbonyl (C=O) groups excluding carboxylic acids is 1. The molecule has 10 nitrogen and oxygen atoms in total. The number of rotatable bonds is 9. The Hall–Kier alpha value is -4.44. The van der Waals surface area contributed by atoms with Gasteiger partial charge < -0.3 is 20.0 Å². The fourth-order valence-electron chi connectivity index (χ4n) is 5.05. The van der Waals surface area contributed by atoms with Gasteiger partial charge in [-0.2, -0.15) is 4.98 Å². The molecule has 0 unspecified atom stereocenters. The maximum atomic E-state index is 13.3. The first-order chi connectivity index (χ1) is 19.4. The van der Waals surface area contributed by atoms with Crippen molar-refractivity contribution in [3.8, 4) is 5.69 Å². The SMILES string of the molecule is C=CCn1c(=O)c2cnc(Nc3ccc(N4CCN(C)CC4)cc3)nc2n1-c1cccc(C(=O)N(CC)CC)c1. The standard InChI is InChI=1S/C30H36N8O2/c1-5-15-37-29(40)26-21-31-30(32-23-11-13-24(14-12-23)36-18-16-34(4)17-19-36)33-27(26)38(37)25-10-8-9-22(20-25)28(39)35(6-2)7-3/h5,8-14,20-21H,1,6-7,15-19H2,2-4H3,(H,31,32,33). The van der Waals surface area contributed by atoms with E-state index < -0.39 is 0 Å². The molecule has 0 radical (unpaired) electrons. The second-order valence-electron chi connectivity index (χ2n) is 9.91. The lowest BCUT2D eigenvalue weighted by Gasteiger charge is -2.34. The van der Waals surface area contributed by atoms with Crippen LogP contribution in [0.15, 0.2) is 72.2 Å². The number of fused-ring (bicyclic) bond motifs is 1. The molecule has 3 heterocycles. The molecule has 0 saturated carbocycles. The van der Waals surface area contributed by atoms with Gasteiger partial charge in [-0.1, -0.05) is 12.1 Å². The van der Waals surface area contributed by atoms with Gasteiger partial charge in [0.2, 0.25) is 5.95 Å². The smallest absolute Gasteiger partial charge is 0.278 e. The lowest BCUT2D eigenvalue weighted by molar-refractivity contribution is 0.0773. The number of aromatic nitrogens is 4. The summed E-state index contributed by atoms with van der Waals surface area (Å²) in [5, 5.41) is 3.67. The number of nitrogens with one attached hydrogen (secondary N) is 1. The fraction of sp³-hybridized carbons (Fsp3) is 0.333. The number of hydrogen-bond donors (Lipinski definition) is 1. The molecule has 208 valence electrons. The van der Waals surface area contributed by atoms with E-state index >= 15 is 0 Å². The van der Waals surface area contributed by atoms with Gasteiger partial charge in [0.25, 0.3) is 11.5 Å². The van der Waals surface area contributed by atoms with Crippen molar-refractivity contribution in [2.24, 2.45) is 0 Å². The highest BCUT2D eigenvalue weighted by Crippen LogP contribution is 2.23. The van der Waals surface area contributed by atoms with Crippen LogP contribution in [0, 0.1) is 0 Å². The van der Waals surface area contributed by atoms with E-state index in [1.807, 2.05) is 38.1 Å². The second kappa shape index (κ2) is 11.7. The van der Waals surface area contributed by atoms with Crippen LogP contribution in [-0.2, 0) is 6.54 Å². The molecule has 1 fully saturated rings. The highest BCUT2D eigenvalue weighted by Gasteiger charge is 2.19. The van der Waals surface area contributed by atoms with Crippen LogP contribution < -0.4 is 15.8 Å². The molecule has 40 heavy (non-hydrogen) atoms. The van der Waals surface area contributed by atoms with Crippen molar-refractivity contribution in [2.45, 2.75) is 20.4 Å². The van der Waals surface area contributed by atoms with Crippen molar-refractivity contribution >= 4 is 34.3 Å². The minimum absolute atomic E-state index is 0.0575. The number of allylic oxidation sites excluding steroid dienone is 1. The van der Waals surface area contributed by atoms with Crippen LogP contribution in [0.4, 0.5) is 17.3 Å². The molecule has 1 amide bonds. The van der Waals surface area contributed by atoms with Gasteiger partial charge >= 0.3 is 0 Å². The van der Waals surface area contributed by atoms with Gasteiger partial charge in [0.15, 0.2) is 5.65 Å². The highest BCUT2D eigenvalue weighted by atomic mass is 16.2. The molecule has 1 saturated heterocycles. The molecule has 0 bridgehead atoms. The largest absolute Gasteiger partial charge is 0.369 e. The Balaban J connectivity index is 1.49. The maximum Gasteiger partial charge on any atom is 0.278 e. The molecular weight excluding hydrogens is 504 g/mol. The van der Waals surface area contributed by atoms with Gasteiger partial charge in [0.1, 0.15) is 5.39 Å². The average molecular weight is 541 g/mol. The van der Waals surface area contributed by atoms with Crippen molar-refractivity contribution in [3.63, 3.8) is 0 Å². The van der Waals surface area contributed by atoms with Gasteiger partial charge in [-0.3, -0.25) is 9.59 Å². The first-order valence-corrected chi connectivity index (χ1v) is 13.7. The van der Waals surface area contributed by atoms with Crippen molar-refractivity contribution in [1.82, 2.24) is 29.1 Å². The van der Waals surface area contributed by atoms with E-state index in [1.54, 1.807) is 38.7 Å². The lowest BCUT2D eigenvalue weighted by Crippen LogP contribution is -2.44. The predicted octanol–water partition coefficient (Wildman–Crippen LogP) is 3.75. The van der Waals surface area contributed by atoms with E-state index in [0.717, 1.165) is 31.9 Å². The van der Waals surface area contributed by atoms with Crippen LogP contribution in [0.1, 0.15) is 24.2 Å². The molecule has 0 spiro atoms. The third-order valence-corrected chi connectivity index (χ3v) is 7.36. The van der Waals surface area contributed by atoms with Crippen molar-refractivity contribution in [2.75, 3.05) is 56.5 Å². The summed E-state index contributed by atoms with van der Waals surface area (Å²) in [6, 6.07) is 15.5. The van der Waals surface area contributed by atoms with Crippen molar-refractivity contribution in [1.29, 1.82) is 0 Å². The number of carbonyl (C=O) groups is 1. The monoisotopic (exact) mass is 540 g/mol. The number of amides is 1. The maximum absolute atomic E-state index is 13.3. The summed E-state index contributed by atoms with van der Waals surface area (Å²) < 4.78 is 3.30. The molecule has 2 aromatic carbocycles. The van der Waals surface area contributed by atoms with E-state index in [1.165, 1.54) is 5.69 Å². The molecule has 1 aliphatic rings. The number of nitrogens with zero attached hydrogens (tertiary/aromatic N) is 7. The second-order valence-corrected chi connectivity index (χ2v) is 9.91. The topological polar surface area (TPSA) is 91.5 Å². The Bertz CT molecular complexity index is 1560. The minimum atomic E-state index is -0.224. The van der Waals surface area contributed by atoms with Gasteiger partial charge in [-0.25, -0.2) is 14.3 Å². The lowest BCUT2D eigenvalue weighted by atomic mass is 10.1. The Labute approximate surface area is 234 Å². The zero-order valence-corrected chi connectivity index (χ0v) is 23.4. The van der Waals surface area contributed by atoms with Crippen LogP contribution in [0.2, 0.25) is 0 Å². The van der Waals surface area contributed by atoms with Crippen LogP contribution in [0.3, 0.4) is 0 Å². The molecule has 1 aliphatic heterocycles. The highest BCUT2D eigenvalue weighted by molar-refractivity contribution is 5.95. The molecule has 10 heteroatoms. The van der Waals surface area contributed by atoms with Crippen LogP contribution in [0.5, 0.6) is 0 Å². The first kappa shape index (κ1) is 27.1. The third-order valence-electron chi connectivity index (χ3n) is 7.36. The zero-order valence-electron chi connectivity index (χ0n) is 23.4. The van der Waals surface area contributed by atoms with Crippen LogP contribution in [0.25, 0.3) is 16.7 Å². The van der Waals surface area contributed by atoms with E-state index in [2.05, 4.69) is 45.9 Å². The summed E-state index contributed by atoms with van der Waals surface area (Å²) in [6.45, 7) is 13.4. The number of piperazine rings is 1. The van der Waals surface area contributed by atoms with Crippen molar-refractivity contribution in [3.05, 3.63) is 83.3 Å². The summed E-state index contributed by atoms with van der Waals surface area (Å²) in [5.74, 6) is 0.317. The summed E-state index contributed by atoms with van der Waals surface area (Å²) in [7, 11) is 2.15. The number of likely N-dealkylation sites (N-methyl/N-ethyl adjacent to an activating group) is 1. The van der Waals surface area contributed by atoms with E-state index in [4.69, 9.17) is 4.98 Å². The Morgan fingerprint density at radius 1 is 1.05 bits per heavy atom. The normalized spacial score (nSPS) is 13.9. The van der Waals surface area contributed by atoms with Crippen molar-refractivity contribution < 1.29 is 4.79 Å². The molecule has 1 N–H and O–H groups in total. The summed E-state index contributed by atoms with van der Waals surface area (Å²) in [4.78, 5) is 42.0. The molecule has 0 atom stereocenters. The third kappa shape index (κ3) is 5.35. The summed E-state index contributed by atoms with van der Waals surface area (Å²) >= 11 is 0. The molecular formula is C30H36N8O2. The number of hydrogen-bond acceptors (Lipinski definition) is 7. The van der Waals surface area contributed by atoms with Gasteiger partial charge in [0, 0.05) is 62.4 Å². The Morgan fingerprint density at radius 2 is 1.77 bits per heavy atom. The van der Waals surface area contributed by atoms with Gasteiger partial charge in [0.05, 0.1) is 12.2 Å². The molecule has 0 aliphatic carbocycles. The van der Waals surface area contributed by atoms with E-state index in [-0.39, 0.29) is 18.0 Å². The molecule has 5 rings (SSSR count). The number of anilines is 3. The Kier molecular flexibility index (Phi) is 7.97. The molecule has 4 aromatic rings. The van der Waals surface area contributed by atoms with Crippen LogP contribution >= 0.6 is 0 Å². The Morgan fingerprint density at radius 3 is 2.45 bits per heavy atom.